The largest absolute Gasteiger partial charge is 0.340 e. The predicted octanol–water partition coefficient (Wildman–Crippen LogP) is 1.60. The van der Waals surface area contributed by atoms with E-state index in [0.717, 1.165) is 38.2 Å². The smallest absolute Gasteiger partial charge is 0.269 e. The number of non-ortho nitro benzene ring substituents is 1. The lowest BCUT2D eigenvalue weighted by atomic mass is 9.97. The molecule has 1 heterocycles. The van der Waals surface area contributed by atoms with Gasteiger partial charge in [0.05, 0.1) is 4.92 Å². The molecular weight excluding hydrogens is 270 g/mol. The monoisotopic (exact) mass is 291 g/mol. The lowest BCUT2D eigenvalue weighted by Crippen LogP contribution is -2.46. The van der Waals surface area contributed by atoms with E-state index in [1.165, 1.54) is 12.1 Å². The third-order valence-corrected chi connectivity index (χ3v) is 3.72. The molecule has 0 bridgehead atoms. The highest BCUT2D eigenvalue weighted by atomic mass is 16.6. The molecule has 1 atom stereocenters. The molecule has 6 nitrogen and oxygen atoms in total. The van der Waals surface area contributed by atoms with Crippen LogP contribution in [0, 0.1) is 16.0 Å². The summed E-state index contributed by atoms with van der Waals surface area (Å²) in [4.78, 5) is 24.3. The molecule has 1 aliphatic heterocycles. The number of nitro benzene ring substituents is 1. The van der Waals surface area contributed by atoms with Crippen molar-refractivity contribution in [3.8, 4) is 0 Å². The number of hydrogen-bond donors (Lipinski definition) is 1. The van der Waals surface area contributed by atoms with Crippen LogP contribution in [0.5, 0.6) is 0 Å². The lowest BCUT2D eigenvalue weighted by Gasteiger charge is -2.28. The number of carbonyl (C=O) groups excluding carboxylic acids is 1. The van der Waals surface area contributed by atoms with E-state index < -0.39 is 4.92 Å². The minimum Gasteiger partial charge on any atom is -0.340 e. The van der Waals surface area contributed by atoms with Crippen molar-refractivity contribution in [2.24, 2.45) is 5.92 Å². The fraction of sp³-hybridized carbons (Fsp3) is 0.533. The molecule has 1 unspecified atom stereocenters. The molecule has 21 heavy (non-hydrogen) atoms. The van der Waals surface area contributed by atoms with Crippen LogP contribution in [0.1, 0.15) is 18.9 Å². The van der Waals surface area contributed by atoms with Crippen LogP contribution in [0.15, 0.2) is 24.3 Å². The molecule has 114 valence electrons. The molecule has 0 radical (unpaired) electrons. The second kappa shape index (κ2) is 7.17. The molecule has 0 saturated carbocycles. The maximum Gasteiger partial charge on any atom is 0.269 e. The van der Waals surface area contributed by atoms with Crippen LogP contribution in [-0.2, 0) is 11.2 Å². The zero-order valence-corrected chi connectivity index (χ0v) is 12.2. The summed E-state index contributed by atoms with van der Waals surface area (Å²) < 4.78 is 0. The number of benzene rings is 1. The number of piperazine rings is 1. The standard InChI is InChI=1S/C15H21N3O3/c1-12(11-15(19)17-8-6-16-7-9-17)10-13-2-4-14(5-3-13)18(20)21/h2-5,12,16H,6-11H2,1H3. The topological polar surface area (TPSA) is 75.5 Å². The molecule has 1 amide bonds. The molecule has 1 aromatic rings. The van der Waals surface area contributed by atoms with E-state index in [1.807, 2.05) is 11.8 Å². The Morgan fingerprint density at radius 1 is 1.33 bits per heavy atom. The number of carbonyl (C=O) groups is 1. The number of nitrogens with zero attached hydrogens (tertiary/aromatic N) is 2. The van der Waals surface area contributed by atoms with Crippen LogP contribution < -0.4 is 5.32 Å². The van der Waals surface area contributed by atoms with Gasteiger partial charge < -0.3 is 10.2 Å². The van der Waals surface area contributed by atoms with Gasteiger partial charge in [0.15, 0.2) is 0 Å². The molecule has 1 aromatic carbocycles. The highest BCUT2D eigenvalue weighted by molar-refractivity contribution is 5.76. The third kappa shape index (κ3) is 4.53. The summed E-state index contributed by atoms with van der Waals surface area (Å²) in [6, 6.07) is 6.56. The first-order valence-corrected chi connectivity index (χ1v) is 7.28. The van der Waals surface area contributed by atoms with E-state index in [1.54, 1.807) is 12.1 Å². The van der Waals surface area contributed by atoms with Crippen LogP contribution in [0.3, 0.4) is 0 Å². The molecule has 1 fully saturated rings. The number of nitrogens with one attached hydrogen (secondary N) is 1. The normalized spacial score (nSPS) is 16.5. The Hall–Kier alpha value is -1.95. The molecule has 6 heteroatoms. The molecule has 1 N–H and O–H groups in total. The summed E-state index contributed by atoms with van der Waals surface area (Å²) in [5, 5.41) is 13.8. The van der Waals surface area contributed by atoms with Gasteiger partial charge in [-0.3, -0.25) is 14.9 Å². The Morgan fingerprint density at radius 2 is 1.95 bits per heavy atom. The Morgan fingerprint density at radius 3 is 2.52 bits per heavy atom. The van der Waals surface area contributed by atoms with Crippen molar-refractivity contribution >= 4 is 11.6 Å². The minimum absolute atomic E-state index is 0.100. The zero-order chi connectivity index (χ0) is 15.2. The average molecular weight is 291 g/mol. The highest BCUT2D eigenvalue weighted by Crippen LogP contribution is 2.17. The van der Waals surface area contributed by atoms with Gasteiger partial charge in [0.2, 0.25) is 5.91 Å². The average Bonchev–Trinajstić information content (AvgIpc) is 2.48. The van der Waals surface area contributed by atoms with Gasteiger partial charge in [-0.25, -0.2) is 0 Å². The van der Waals surface area contributed by atoms with Crippen LogP contribution in [-0.4, -0.2) is 41.9 Å². The summed E-state index contributed by atoms with van der Waals surface area (Å²) in [6.45, 7) is 5.33. The quantitative estimate of drug-likeness (QED) is 0.660. The summed E-state index contributed by atoms with van der Waals surface area (Å²) in [5.41, 5.74) is 1.13. The third-order valence-electron chi connectivity index (χ3n) is 3.72. The van der Waals surface area contributed by atoms with Crippen LogP contribution in [0.2, 0.25) is 0 Å². The number of nitro groups is 1. The number of hydrogen-bond acceptors (Lipinski definition) is 4. The molecule has 1 aliphatic rings. The van der Waals surface area contributed by atoms with Crippen molar-refractivity contribution in [1.82, 2.24) is 10.2 Å². The number of rotatable bonds is 5. The molecular formula is C15H21N3O3. The Balaban J connectivity index is 1.84. The summed E-state index contributed by atoms with van der Waals surface area (Å²) >= 11 is 0. The first-order chi connectivity index (χ1) is 10.1. The van der Waals surface area contributed by atoms with Gasteiger partial charge in [0.25, 0.3) is 5.69 Å². The maximum atomic E-state index is 12.2. The molecule has 0 spiro atoms. The molecule has 0 aromatic heterocycles. The van der Waals surface area contributed by atoms with E-state index >= 15 is 0 Å². The first-order valence-electron chi connectivity index (χ1n) is 7.28. The molecule has 2 rings (SSSR count). The SMILES string of the molecule is CC(CC(=O)N1CCNCC1)Cc1ccc([N+](=O)[O-])cc1. The van der Waals surface area contributed by atoms with Gasteiger partial charge >= 0.3 is 0 Å². The second-order valence-electron chi connectivity index (χ2n) is 5.57. The van der Waals surface area contributed by atoms with Crippen molar-refractivity contribution in [3.63, 3.8) is 0 Å². The van der Waals surface area contributed by atoms with Gasteiger partial charge in [0, 0.05) is 44.7 Å². The van der Waals surface area contributed by atoms with Gasteiger partial charge in [-0.05, 0) is 17.9 Å². The number of amides is 1. The van der Waals surface area contributed by atoms with Crippen LogP contribution in [0.25, 0.3) is 0 Å². The summed E-state index contributed by atoms with van der Waals surface area (Å²) in [7, 11) is 0. The van der Waals surface area contributed by atoms with E-state index in [2.05, 4.69) is 5.32 Å². The zero-order valence-electron chi connectivity index (χ0n) is 12.2. The van der Waals surface area contributed by atoms with E-state index in [-0.39, 0.29) is 17.5 Å². The Kier molecular flexibility index (Phi) is 5.27. The fourth-order valence-electron chi connectivity index (χ4n) is 2.57. The van der Waals surface area contributed by atoms with Gasteiger partial charge in [0.1, 0.15) is 0 Å². The van der Waals surface area contributed by atoms with Gasteiger partial charge in [-0.1, -0.05) is 19.1 Å². The van der Waals surface area contributed by atoms with Gasteiger partial charge in [-0.2, -0.15) is 0 Å². The maximum absolute atomic E-state index is 12.2. The van der Waals surface area contributed by atoms with E-state index in [0.29, 0.717) is 6.42 Å². The summed E-state index contributed by atoms with van der Waals surface area (Å²) in [5.74, 6) is 0.430. The van der Waals surface area contributed by atoms with Crippen molar-refractivity contribution in [2.45, 2.75) is 19.8 Å². The lowest BCUT2D eigenvalue weighted by molar-refractivity contribution is -0.384. The molecule has 0 aliphatic carbocycles. The second-order valence-corrected chi connectivity index (χ2v) is 5.57. The van der Waals surface area contributed by atoms with Crippen LogP contribution in [0.4, 0.5) is 5.69 Å². The van der Waals surface area contributed by atoms with Crippen molar-refractivity contribution in [3.05, 3.63) is 39.9 Å². The summed E-state index contributed by atoms with van der Waals surface area (Å²) in [6.07, 6.45) is 1.28. The highest BCUT2D eigenvalue weighted by Gasteiger charge is 2.18. The fourth-order valence-corrected chi connectivity index (χ4v) is 2.57. The Labute approximate surface area is 124 Å². The molecule has 1 saturated heterocycles. The first kappa shape index (κ1) is 15.4. The van der Waals surface area contributed by atoms with Gasteiger partial charge in [-0.15, -0.1) is 0 Å². The van der Waals surface area contributed by atoms with E-state index in [4.69, 9.17) is 0 Å². The van der Waals surface area contributed by atoms with Crippen molar-refractivity contribution in [2.75, 3.05) is 26.2 Å². The predicted molar refractivity (Wildman–Crippen MR) is 80.0 cm³/mol. The van der Waals surface area contributed by atoms with Crippen molar-refractivity contribution < 1.29 is 9.72 Å². The van der Waals surface area contributed by atoms with Crippen LogP contribution >= 0.6 is 0 Å². The minimum atomic E-state index is -0.402. The van der Waals surface area contributed by atoms with Crippen molar-refractivity contribution in [1.29, 1.82) is 0 Å². The Bertz CT molecular complexity index is 495. The van der Waals surface area contributed by atoms with E-state index in [9.17, 15) is 14.9 Å².